The van der Waals surface area contributed by atoms with Crippen LogP contribution in [0.5, 0.6) is 0 Å². The maximum absolute atomic E-state index is 4.32. The summed E-state index contributed by atoms with van der Waals surface area (Å²) in [4.78, 5) is 4.32. The van der Waals surface area contributed by atoms with Gasteiger partial charge < -0.3 is 5.32 Å². The maximum Gasteiger partial charge on any atom is 0.109 e. The third-order valence-corrected chi connectivity index (χ3v) is 3.77. The zero-order valence-corrected chi connectivity index (χ0v) is 11.0. The van der Waals surface area contributed by atoms with E-state index in [0.29, 0.717) is 12.1 Å². The van der Waals surface area contributed by atoms with E-state index in [9.17, 15) is 0 Å². The quantitative estimate of drug-likeness (QED) is 0.801. The van der Waals surface area contributed by atoms with Crippen LogP contribution in [0.4, 0.5) is 0 Å². The van der Waals surface area contributed by atoms with Gasteiger partial charge in [-0.05, 0) is 26.2 Å². The first kappa shape index (κ1) is 12.7. The maximum atomic E-state index is 4.32. The normalized spacial score (nSPS) is 17.3. The zero-order chi connectivity index (χ0) is 11.3. The van der Waals surface area contributed by atoms with Gasteiger partial charge in [0.15, 0.2) is 0 Å². The van der Waals surface area contributed by atoms with Crippen LogP contribution in [0.3, 0.4) is 0 Å². The molecule has 3 unspecified atom stereocenters. The summed E-state index contributed by atoms with van der Waals surface area (Å²) in [5, 5.41) is 6.82. The summed E-state index contributed by atoms with van der Waals surface area (Å²) in [7, 11) is 0. The van der Waals surface area contributed by atoms with Crippen LogP contribution in [0.1, 0.15) is 51.6 Å². The molecular formula is C12H22N2S. The summed E-state index contributed by atoms with van der Waals surface area (Å²) in [6.07, 6.45) is 4.38. The lowest BCUT2D eigenvalue weighted by molar-refractivity contribution is 0.385. The lowest BCUT2D eigenvalue weighted by Gasteiger charge is -2.21. The molecular weight excluding hydrogens is 204 g/mol. The van der Waals surface area contributed by atoms with Crippen molar-refractivity contribution in [2.24, 2.45) is 5.92 Å². The molecule has 1 N–H and O–H groups in total. The van der Waals surface area contributed by atoms with Gasteiger partial charge in [0.1, 0.15) is 5.01 Å². The average molecular weight is 226 g/mol. The fourth-order valence-electron chi connectivity index (χ4n) is 1.78. The second-order valence-electron chi connectivity index (χ2n) is 4.41. The fourth-order valence-corrected chi connectivity index (χ4v) is 2.44. The third-order valence-electron chi connectivity index (χ3n) is 2.81. The van der Waals surface area contributed by atoms with Crippen molar-refractivity contribution in [1.29, 1.82) is 0 Å². The molecule has 0 saturated heterocycles. The number of aromatic nitrogens is 1. The minimum Gasteiger partial charge on any atom is -0.306 e. The van der Waals surface area contributed by atoms with E-state index in [0.717, 1.165) is 5.92 Å². The van der Waals surface area contributed by atoms with Crippen molar-refractivity contribution in [2.75, 3.05) is 0 Å². The van der Waals surface area contributed by atoms with Crippen molar-refractivity contribution in [2.45, 2.75) is 52.6 Å². The zero-order valence-electron chi connectivity index (χ0n) is 10.2. The van der Waals surface area contributed by atoms with E-state index in [1.165, 1.54) is 17.8 Å². The van der Waals surface area contributed by atoms with Crippen molar-refractivity contribution in [3.8, 4) is 0 Å². The average Bonchev–Trinajstić information content (AvgIpc) is 2.70. The summed E-state index contributed by atoms with van der Waals surface area (Å²) in [6, 6.07) is 0.947. The Hall–Kier alpha value is -0.410. The van der Waals surface area contributed by atoms with Crippen molar-refractivity contribution in [3.63, 3.8) is 0 Å². The molecule has 0 bridgehead atoms. The van der Waals surface area contributed by atoms with Crippen molar-refractivity contribution in [3.05, 3.63) is 16.6 Å². The number of hydrogen-bond acceptors (Lipinski definition) is 3. The second-order valence-corrected chi connectivity index (χ2v) is 5.34. The van der Waals surface area contributed by atoms with Crippen LogP contribution in [-0.2, 0) is 0 Å². The summed E-state index contributed by atoms with van der Waals surface area (Å²) in [6.45, 7) is 9.01. The highest BCUT2D eigenvalue weighted by Crippen LogP contribution is 2.17. The van der Waals surface area contributed by atoms with Crippen molar-refractivity contribution in [1.82, 2.24) is 10.3 Å². The van der Waals surface area contributed by atoms with E-state index in [2.05, 4.69) is 38.0 Å². The first-order valence-electron chi connectivity index (χ1n) is 5.78. The number of nitrogens with zero attached hydrogens (tertiary/aromatic N) is 1. The Kier molecular flexibility index (Phi) is 5.26. The summed E-state index contributed by atoms with van der Waals surface area (Å²) in [5.41, 5.74) is 0. The largest absolute Gasteiger partial charge is 0.306 e. The van der Waals surface area contributed by atoms with Gasteiger partial charge in [0.05, 0.1) is 6.04 Å². The monoisotopic (exact) mass is 226 g/mol. The molecule has 0 aromatic carbocycles. The molecule has 0 radical (unpaired) electrons. The summed E-state index contributed by atoms with van der Waals surface area (Å²) in [5.74, 6) is 0.802. The van der Waals surface area contributed by atoms with E-state index >= 15 is 0 Å². The van der Waals surface area contributed by atoms with Gasteiger partial charge in [-0.15, -0.1) is 11.3 Å². The van der Waals surface area contributed by atoms with Crippen molar-refractivity contribution < 1.29 is 0 Å². The van der Waals surface area contributed by atoms with Gasteiger partial charge in [-0.1, -0.05) is 20.3 Å². The van der Waals surface area contributed by atoms with Crippen LogP contribution in [0.2, 0.25) is 0 Å². The van der Waals surface area contributed by atoms with Crippen LogP contribution < -0.4 is 5.32 Å². The molecule has 0 saturated carbocycles. The highest BCUT2D eigenvalue weighted by Gasteiger charge is 2.12. The molecule has 0 spiro atoms. The summed E-state index contributed by atoms with van der Waals surface area (Å²) < 4.78 is 0. The Morgan fingerprint density at radius 3 is 2.67 bits per heavy atom. The second kappa shape index (κ2) is 6.23. The lowest BCUT2D eigenvalue weighted by atomic mass is 10.00. The Balaban J connectivity index is 2.34. The Bertz CT molecular complexity index is 259. The SMILES string of the molecule is CCC(C)CC(C)NC(C)c1nccs1. The van der Waals surface area contributed by atoms with E-state index in [1.54, 1.807) is 11.3 Å². The highest BCUT2D eigenvalue weighted by atomic mass is 32.1. The molecule has 1 rings (SSSR count). The first-order valence-corrected chi connectivity index (χ1v) is 6.66. The molecule has 1 aromatic rings. The molecule has 86 valence electrons. The molecule has 3 heteroatoms. The molecule has 0 amide bonds. The van der Waals surface area contributed by atoms with Crippen LogP contribution in [0, 0.1) is 5.92 Å². The lowest BCUT2D eigenvalue weighted by Crippen LogP contribution is -2.30. The van der Waals surface area contributed by atoms with Gasteiger partial charge in [-0.3, -0.25) is 0 Å². The molecule has 0 aliphatic heterocycles. The number of nitrogens with one attached hydrogen (secondary N) is 1. The van der Waals surface area contributed by atoms with Gasteiger partial charge in [0.2, 0.25) is 0 Å². The topological polar surface area (TPSA) is 24.9 Å². The number of hydrogen-bond donors (Lipinski definition) is 1. The fraction of sp³-hybridized carbons (Fsp3) is 0.750. The molecule has 2 nitrogen and oxygen atoms in total. The Labute approximate surface area is 97.1 Å². The van der Waals surface area contributed by atoms with Crippen LogP contribution >= 0.6 is 11.3 Å². The predicted molar refractivity (Wildman–Crippen MR) is 67.2 cm³/mol. The van der Waals surface area contributed by atoms with Gasteiger partial charge in [0, 0.05) is 17.6 Å². The van der Waals surface area contributed by atoms with E-state index in [1.807, 2.05) is 11.6 Å². The highest BCUT2D eigenvalue weighted by molar-refractivity contribution is 7.09. The number of rotatable bonds is 6. The van der Waals surface area contributed by atoms with E-state index in [-0.39, 0.29) is 0 Å². The number of thiazole rings is 1. The van der Waals surface area contributed by atoms with E-state index < -0.39 is 0 Å². The van der Waals surface area contributed by atoms with Gasteiger partial charge >= 0.3 is 0 Å². The van der Waals surface area contributed by atoms with Crippen LogP contribution in [-0.4, -0.2) is 11.0 Å². The standard InChI is InChI=1S/C12H22N2S/c1-5-9(2)8-10(3)14-11(4)12-13-6-7-15-12/h6-7,9-11,14H,5,8H2,1-4H3. The van der Waals surface area contributed by atoms with Crippen LogP contribution in [0.25, 0.3) is 0 Å². The Morgan fingerprint density at radius 2 is 2.13 bits per heavy atom. The molecule has 0 fully saturated rings. The third kappa shape index (κ3) is 4.31. The van der Waals surface area contributed by atoms with Crippen molar-refractivity contribution >= 4 is 11.3 Å². The summed E-state index contributed by atoms with van der Waals surface area (Å²) >= 11 is 1.72. The predicted octanol–water partition coefficient (Wildman–Crippen LogP) is 3.62. The molecule has 1 aromatic heterocycles. The molecule has 0 aliphatic rings. The first-order chi connectivity index (χ1) is 7.13. The smallest absolute Gasteiger partial charge is 0.109 e. The molecule has 0 aliphatic carbocycles. The molecule has 1 heterocycles. The minimum absolute atomic E-state index is 0.379. The molecule has 3 atom stereocenters. The van der Waals surface area contributed by atoms with Gasteiger partial charge in [0.25, 0.3) is 0 Å². The minimum atomic E-state index is 0.379. The van der Waals surface area contributed by atoms with Gasteiger partial charge in [-0.2, -0.15) is 0 Å². The van der Waals surface area contributed by atoms with Crippen LogP contribution in [0.15, 0.2) is 11.6 Å². The Morgan fingerprint density at radius 1 is 1.40 bits per heavy atom. The molecule has 15 heavy (non-hydrogen) atoms. The van der Waals surface area contributed by atoms with E-state index in [4.69, 9.17) is 0 Å². The van der Waals surface area contributed by atoms with Gasteiger partial charge in [-0.25, -0.2) is 4.98 Å².